The third kappa shape index (κ3) is 4.92. The van der Waals surface area contributed by atoms with Crippen molar-refractivity contribution in [3.8, 4) is 28.7 Å². The van der Waals surface area contributed by atoms with Crippen molar-refractivity contribution in [3.05, 3.63) is 77.4 Å². The average Bonchev–Trinajstić information content (AvgIpc) is 2.91. The van der Waals surface area contributed by atoms with Gasteiger partial charge in [0.15, 0.2) is 11.5 Å². The van der Waals surface area contributed by atoms with Crippen molar-refractivity contribution in [2.45, 2.75) is 30.8 Å². The van der Waals surface area contributed by atoms with E-state index in [2.05, 4.69) is 41.7 Å². The van der Waals surface area contributed by atoms with Crippen LogP contribution in [0.5, 0.6) is 28.7 Å². The molecular formula is C28H33NO5. The van der Waals surface area contributed by atoms with Crippen molar-refractivity contribution in [2.24, 2.45) is 0 Å². The number of rotatable bonds is 8. The summed E-state index contributed by atoms with van der Waals surface area (Å²) in [4.78, 5) is 0. The average molecular weight is 464 g/mol. The quantitative estimate of drug-likeness (QED) is 0.464. The Bertz CT molecular complexity index is 1030. The molecule has 34 heavy (non-hydrogen) atoms. The van der Waals surface area contributed by atoms with Crippen LogP contribution in [0, 0.1) is 0 Å². The summed E-state index contributed by atoms with van der Waals surface area (Å²) in [6.07, 6.45) is 1.85. The summed E-state index contributed by atoms with van der Waals surface area (Å²) in [7, 11) is 8.34. The Kier molecular flexibility index (Phi) is 7.48. The van der Waals surface area contributed by atoms with Gasteiger partial charge in [0, 0.05) is 12.1 Å². The maximum Gasteiger partial charge on any atom is 0.203 e. The lowest BCUT2D eigenvalue weighted by atomic mass is 9.79. The molecular weight excluding hydrogens is 430 g/mol. The molecule has 3 aromatic rings. The first kappa shape index (κ1) is 23.8. The van der Waals surface area contributed by atoms with Crippen molar-refractivity contribution in [1.82, 2.24) is 5.32 Å². The third-order valence-electron chi connectivity index (χ3n) is 6.59. The van der Waals surface area contributed by atoms with Gasteiger partial charge in [-0.15, -0.1) is 0 Å². The first-order valence-electron chi connectivity index (χ1n) is 11.4. The Morgan fingerprint density at radius 3 is 1.50 bits per heavy atom. The molecule has 1 aliphatic heterocycles. The molecule has 4 rings (SSSR count). The van der Waals surface area contributed by atoms with Crippen LogP contribution in [-0.2, 0) is 0 Å². The molecule has 0 radical (unpaired) electrons. The standard InChI is InChI=1S/C28H33NO5/c1-30-22-10-6-8-18(12-22)24-14-20(15-25(29-24)19-9-7-11-23(13-19)31-2)21-16-26(32-3)28(34-5)27(17-21)33-4/h6-13,16-17,20,24-25,29H,14-15H2,1-5H3/t24-,25-/m1/s1. The van der Waals surface area contributed by atoms with Crippen molar-refractivity contribution < 1.29 is 23.7 Å². The molecule has 180 valence electrons. The molecule has 3 aromatic carbocycles. The summed E-state index contributed by atoms with van der Waals surface area (Å²) in [6.45, 7) is 0. The number of ether oxygens (including phenoxy) is 5. The van der Waals surface area contributed by atoms with Crippen molar-refractivity contribution in [2.75, 3.05) is 35.5 Å². The van der Waals surface area contributed by atoms with Crippen LogP contribution < -0.4 is 29.0 Å². The van der Waals surface area contributed by atoms with Gasteiger partial charge in [-0.25, -0.2) is 0 Å². The Morgan fingerprint density at radius 2 is 1.09 bits per heavy atom. The number of nitrogens with one attached hydrogen (secondary N) is 1. The summed E-state index contributed by atoms with van der Waals surface area (Å²) in [5.74, 6) is 3.93. The molecule has 0 spiro atoms. The van der Waals surface area contributed by atoms with E-state index < -0.39 is 0 Å². The van der Waals surface area contributed by atoms with Gasteiger partial charge in [0.1, 0.15) is 11.5 Å². The Hall–Kier alpha value is -3.38. The lowest BCUT2D eigenvalue weighted by Gasteiger charge is -2.37. The highest BCUT2D eigenvalue weighted by atomic mass is 16.5. The number of hydrogen-bond donors (Lipinski definition) is 1. The van der Waals surface area contributed by atoms with E-state index in [4.69, 9.17) is 23.7 Å². The molecule has 6 heteroatoms. The zero-order valence-corrected chi connectivity index (χ0v) is 20.5. The van der Waals surface area contributed by atoms with E-state index in [1.807, 2.05) is 24.3 Å². The van der Waals surface area contributed by atoms with Crippen LogP contribution in [0.3, 0.4) is 0 Å². The largest absolute Gasteiger partial charge is 0.497 e. The van der Waals surface area contributed by atoms with E-state index in [1.165, 1.54) is 11.1 Å². The Morgan fingerprint density at radius 1 is 0.588 bits per heavy atom. The predicted octanol–water partition coefficient (Wildman–Crippen LogP) is 5.68. The third-order valence-corrected chi connectivity index (χ3v) is 6.59. The molecule has 1 N–H and O–H groups in total. The van der Waals surface area contributed by atoms with Crippen LogP contribution >= 0.6 is 0 Å². The normalized spacial score (nSPS) is 19.9. The van der Waals surface area contributed by atoms with Crippen LogP contribution in [0.25, 0.3) is 0 Å². The minimum Gasteiger partial charge on any atom is -0.497 e. The molecule has 0 aromatic heterocycles. The Balaban J connectivity index is 1.75. The monoisotopic (exact) mass is 463 g/mol. The lowest BCUT2D eigenvalue weighted by Crippen LogP contribution is -2.34. The number of piperidine rings is 1. The summed E-state index contributed by atoms with van der Waals surface area (Å²) >= 11 is 0. The van der Waals surface area contributed by atoms with Crippen LogP contribution in [0.1, 0.15) is 47.5 Å². The van der Waals surface area contributed by atoms with Gasteiger partial charge in [0.25, 0.3) is 0 Å². The summed E-state index contributed by atoms with van der Waals surface area (Å²) in [6, 6.07) is 21.0. The maximum atomic E-state index is 5.64. The first-order valence-corrected chi connectivity index (χ1v) is 11.4. The van der Waals surface area contributed by atoms with Gasteiger partial charge in [-0.1, -0.05) is 24.3 Å². The van der Waals surface area contributed by atoms with Gasteiger partial charge in [0.05, 0.1) is 35.5 Å². The topological polar surface area (TPSA) is 58.2 Å². The SMILES string of the molecule is COc1cccc([C@H]2CC(c3cc(OC)c(OC)c(OC)c3)C[C@H](c3cccc(OC)c3)N2)c1. The van der Waals surface area contributed by atoms with Gasteiger partial charge in [-0.05, 0) is 71.8 Å². The van der Waals surface area contributed by atoms with E-state index in [-0.39, 0.29) is 18.0 Å². The number of benzene rings is 3. The second-order valence-electron chi connectivity index (χ2n) is 8.45. The van der Waals surface area contributed by atoms with E-state index in [9.17, 15) is 0 Å². The van der Waals surface area contributed by atoms with Gasteiger partial charge in [-0.2, -0.15) is 0 Å². The predicted molar refractivity (Wildman–Crippen MR) is 133 cm³/mol. The van der Waals surface area contributed by atoms with Gasteiger partial charge in [-0.3, -0.25) is 0 Å². The van der Waals surface area contributed by atoms with E-state index in [0.717, 1.165) is 29.9 Å². The molecule has 0 bridgehead atoms. The van der Waals surface area contributed by atoms with E-state index in [0.29, 0.717) is 17.2 Å². The van der Waals surface area contributed by atoms with E-state index in [1.54, 1.807) is 35.5 Å². The molecule has 2 atom stereocenters. The molecule has 0 amide bonds. The maximum absolute atomic E-state index is 5.64. The molecule has 0 saturated carbocycles. The molecule has 0 aliphatic carbocycles. The number of methoxy groups -OCH3 is 5. The van der Waals surface area contributed by atoms with Gasteiger partial charge in [0.2, 0.25) is 5.75 Å². The zero-order chi connectivity index (χ0) is 24.1. The van der Waals surface area contributed by atoms with Crippen LogP contribution in [0.4, 0.5) is 0 Å². The van der Waals surface area contributed by atoms with Crippen LogP contribution in [0.15, 0.2) is 60.7 Å². The fourth-order valence-corrected chi connectivity index (χ4v) is 4.83. The summed E-state index contributed by atoms with van der Waals surface area (Å²) in [5, 5.41) is 3.87. The molecule has 1 heterocycles. The molecule has 1 fully saturated rings. The van der Waals surface area contributed by atoms with Gasteiger partial charge < -0.3 is 29.0 Å². The molecule has 6 nitrogen and oxygen atoms in total. The van der Waals surface area contributed by atoms with Crippen molar-refractivity contribution in [1.29, 1.82) is 0 Å². The second kappa shape index (κ2) is 10.7. The smallest absolute Gasteiger partial charge is 0.203 e. The highest BCUT2D eigenvalue weighted by Crippen LogP contribution is 2.46. The van der Waals surface area contributed by atoms with Crippen LogP contribution in [0.2, 0.25) is 0 Å². The van der Waals surface area contributed by atoms with E-state index >= 15 is 0 Å². The van der Waals surface area contributed by atoms with Gasteiger partial charge >= 0.3 is 0 Å². The minimum atomic E-state index is 0.143. The molecule has 1 saturated heterocycles. The summed E-state index contributed by atoms with van der Waals surface area (Å²) in [5.41, 5.74) is 3.56. The summed E-state index contributed by atoms with van der Waals surface area (Å²) < 4.78 is 27.8. The molecule has 1 aliphatic rings. The van der Waals surface area contributed by atoms with Crippen molar-refractivity contribution >= 4 is 0 Å². The van der Waals surface area contributed by atoms with Crippen LogP contribution in [-0.4, -0.2) is 35.5 Å². The highest BCUT2D eigenvalue weighted by Gasteiger charge is 2.32. The molecule has 0 unspecified atom stereocenters. The second-order valence-corrected chi connectivity index (χ2v) is 8.45. The first-order chi connectivity index (χ1) is 16.6. The fourth-order valence-electron chi connectivity index (χ4n) is 4.83. The van der Waals surface area contributed by atoms with Crippen molar-refractivity contribution in [3.63, 3.8) is 0 Å². The number of hydrogen-bond acceptors (Lipinski definition) is 6. The Labute approximate surface area is 201 Å². The highest BCUT2D eigenvalue weighted by molar-refractivity contribution is 5.54. The fraction of sp³-hybridized carbons (Fsp3) is 0.357. The minimum absolute atomic E-state index is 0.143. The lowest BCUT2D eigenvalue weighted by molar-refractivity contribution is 0.291. The zero-order valence-electron chi connectivity index (χ0n) is 20.5.